The van der Waals surface area contributed by atoms with Crippen LogP contribution in [0, 0.1) is 0 Å². The average molecular weight is 355 g/mol. The maximum atomic E-state index is 12.7. The van der Waals surface area contributed by atoms with Gasteiger partial charge >= 0.3 is 6.18 Å². The molecule has 1 aliphatic heterocycles. The smallest absolute Gasteiger partial charge is 0.432 e. The molecule has 3 rings (SSSR count). The first-order valence-electron chi connectivity index (χ1n) is 7.53. The zero-order valence-electron chi connectivity index (χ0n) is 13.6. The second-order valence-corrected chi connectivity index (χ2v) is 5.75. The van der Waals surface area contributed by atoms with Crippen molar-refractivity contribution in [1.82, 2.24) is 15.1 Å². The van der Waals surface area contributed by atoms with E-state index >= 15 is 0 Å². The van der Waals surface area contributed by atoms with Crippen LogP contribution < -0.4 is 9.47 Å². The molecule has 1 aliphatic rings. The van der Waals surface area contributed by atoms with Gasteiger partial charge in [-0.25, -0.2) is 0 Å². The highest BCUT2D eigenvalue weighted by Gasteiger charge is 2.35. The van der Waals surface area contributed by atoms with Gasteiger partial charge in [-0.15, -0.1) is 0 Å². The molecule has 1 aromatic heterocycles. The molecule has 9 heteroatoms. The number of amides is 1. The van der Waals surface area contributed by atoms with Gasteiger partial charge in [-0.1, -0.05) is 0 Å². The highest BCUT2D eigenvalue weighted by atomic mass is 19.4. The third-order valence-corrected chi connectivity index (χ3v) is 3.83. The maximum Gasteiger partial charge on any atom is 0.432 e. The SMILES string of the molecule is COc1ccc2c(c1)O[C@@H](C)CN(C(=O)c1cc(C(F)(F)F)[nH]n1)C2. The molecule has 134 valence electrons. The zero-order chi connectivity index (χ0) is 18.2. The molecule has 6 nitrogen and oxygen atoms in total. The number of carbonyl (C=O) groups is 1. The first kappa shape index (κ1) is 17.1. The number of nitrogens with zero attached hydrogens (tertiary/aromatic N) is 2. The van der Waals surface area contributed by atoms with Crippen molar-refractivity contribution in [1.29, 1.82) is 0 Å². The summed E-state index contributed by atoms with van der Waals surface area (Å²) in [5.74, 6) is 0.610. The lowest BCUT2D eigenvalue weighted by Crippen LogP contribution is -2.36. The Hall–Kier alpha value is -2.71. The van der Waals surface area contributed by atoms with Crippen LogP contribution in [0.4, 0.5) is 13.2 Å². The second-order valence-electron chi connectivity index (χ2n) is 5.75. The zero-order valence-corrected chi connectivity index (χ0v) is 13.6. The van der Waals surface area contributed by atoms with Crippen molar-refractivity contribution < 1.29 is 27.4 Å². The van der Waals surface area contributed by atoms with Crippen LogP contribution in [-0.2, 0) is 12.7 Å². The van der Waals surface area contributed by atoms with E-state index in [0.717, 1.165) is 5.56 Å². The van der Waals surface area contributed by atoms with E-state index in [2.05, 4.69) is 5.10 Å². The Morgan fingerprint density at radius 2 is 2.16 bits per heavy atom. The summed E-state index contributed by atoms with van der Waals surface area (Å²) in [6.45, 7) is 2.21. The van der Waals surface area contributed by atoms with Crippen molar-refractivity contribution in [3.05, 3.63) is 41.2 Å². The molecule has 0 unspecified atom stereocenters. The number of aromatic nitrogens is 2. The summed E-state index contributed by atoms with van der Waals surface area (Å²) in [6, 6.07) is 5.93. The number of methoxy groups -OCH3 is 1. The predicted octanol–water partition coefficient (Wildman–Crippen LogP) is 2.86. The van der Waals surface area contributed by atoms with Crippen LogP contribution in [0.2, 0.25) is 0 Å². The number of nitrogens with one attached hydrogen (secondary N) is 1. The molecular formula is C16H16F3N3O3. The van der Waals surface area contributed by atoms with E-state index in [4.69, 9.17) is 9.47 Å². The minimum atomic E-state index is -4.58. The van der Waals surface area contributed by atoms with Crippen molar-refractivity contribution in [3.63, 3.8) is 0 Å². The van der Waals surface area contributed by atoms with Crippen molar-refractivity contribution in [2.75, 3.05) is 13.7 Å². The Bertz CT molecular complexity index is 788. The van der Waals surface area contributed by atoms with Crippen LogP contribution in [0.3, 0.4) is 0 Å². The van der Waals surface area contributed by atoms with Gasteiger partial charge in [0.15, 0.2) is 5.69 Å². The van der Waals surface area contributed by atoms with E-state index in [9.17, 15) is 18.0 Å². The lowest BCUT2D eigenvalue weighted by atomic mass is 10.1. The molecule has 2 heterocycles. The van der Waals surface area contributed by atoms with E-state index in [1.54, 1.807) is 25.1 Å². The summed E-state index contributed by atoms with van der Waals surface area (Å²) >= 11 is 0. The van der Waals surface area contributed by atoms with Gasteiger partial charge in [0.05, 0.1) is 13.7 Å². The number of aromatic amines is 1. The molecule has 0 aliphatic carbocycles. The van der Waals surface area contributed by atoms with Gasteiger partial charge in [-0.05, 0) is 19.1 Å². The lowest BCUT2D eigenvalue weighted by molar-refractivity contribution is -0.141. The number of ether oxygens (including phenoxy) is 2. The van der Waals surface area contributed by atoms with Gasteiger partial charge in [0.1, 0.15) is 23.3 Å². The molecular weight excluding hydrogens is 339 g/mol. The Morgan fingerprint density at radius 3 is 2.80 bits per heavy atom. The van der Waals surface area contributed by atoms with Gasteiger partial charge < -0.3 is 14.4 Å². The number of hydrogen-bond donors (Lipinski definition) is 1. The number of hydrogen-bond acceptors (Lipinski definition) is 4. The Morgan fingerprint density at radius 1 is 1.40 bits per heavy atom. The van der Waals surface area contributed by atoms with Crippen LogP contribution >= 0.6 is 0 Å². The van der Waals surface area contributed by atoms with Gasteiger partial charge in [0.2, 0.25) is 0 Å². The fourth-order valence-electron chi connectivity index (χ4n) is 2.63. The number of fused-ring (bicyclic) bond motifs is 1. The van der Waals surface area contributed by atoms with Crippen molar-refractivity contribution in [3.8, 4) is 11.5 Å². The van der Waals surface area contributed by atoms with Crippen LogP contribution in [0.25, 0.3) is 0 Å². The van der Waals surface area contributed by atoms with E-state index in [1.807, 2.05) is 5.10 Å². The maximum absolute atomic E-state index is 12.7. The van der Waals surface area contributed by atoms with E-state index in [1.165, 1.54) is 12.0 Å². The third-order valence-electron chi connectivity index (χ3n) is 3.83. The second kappa shape index (κ2) is 6.30. The number of halogens is 3. The molecule has 0 fully saturated rings. The molecule has 0 radical (unpaired) electrons. The molecule has 1 N–H and O–H groups in total. The summed E-state index contributed by atoms with van der Waals surface area (Å²) in [4.78, 5) is 14.0. The van der Waals surface area contributed by atoms with Crippen LogP contribution in [0.1, 0.15) is 28.7 Å². The standard InChI is InChI=1S/C16H16F3N3O3/c1-9-7-22(8-10-3-4-11(24-2)5-13(10)25-9)15(23)12-6-14(21-20-12)16(17,18)19/h3-6,9H,7-8H2,1-2H3,(H,20,21)/t9-/m0/s1. The number of H-pyrrole nitrogens is 1. The fraction of sp³-hybridized carbons (Fsp3) is 0.375. The first-order chi connectivity index (χ1) is 11.8. The minimum Gasteiger partial charge on any atom is -0.497 e. The average Bonchev–Trinajstić information content (AvgIpc) is 2.99. The van der Waals surface area contributed by atoms with Crippen molar-refractivity contribution >= 4 is 5.91 Å². The predicted molar refractivity (Wildman–Crippen MR) is 81.4 cm³/mol. The molecule has 0 saturated carbocycles. The normalized spacial score (nSPS) is 17.5. The van der Waals surface area contributed by atoms with Crippen molar-refractivity contribution in [2.45, 2.75) is 25.7 Å². The topological polar surface area (TPSA) is 67.5 Å². The highest BCUT2D eigenvalue weighted by molar-refractivity contribution is 5.92. The van der Waals surface area contributed by atoms with E-state index in [0.29, 0.717) is 17.6 Å². The summed E-state index contributed by atoms with van der Waals surface area (Å²) in [5, 5.41) is 5.36. The number of benzene rings is 1. The van der Waals surface area contributed by atoms with Crippen LogP contribution in [0.5, 0.6) is 11.5 Å². The number of rotatable bonds is 2. The Balaban J connectivity index is 1.86. The largest absolute Gasteiger partial charge is 0.497 e. The summed E-state index contributed by atoms with van der Waals surface area (Å²) in [7, 11) is 1.54. The Labute approximate surface area is 141 Å². The van der Waals surface area contributed by atoms with Gasteiger partial charge in [-0.3, -0.25) is 9.89 Å². The van der Waals surface area contributed by atoms with Crippen molar-refractivity contribution in [2.24, 2.45) is 0 Å². The highest BCUT2D eigenvalue weighted by Crippen LogP contribution is 2.31. The van der Waals surface area contributed by atoms with Gasteiger partial charge in [0.25, 0.3) is 5.91 Å². The van der Waals surface area contributed by atoms with E-state index < -0.39 is 17.8 Å². The molecule has 0 bridgehead atoms. The lowest BCUT2D eigenvalue weighted by Gasteiger charge is -2.21. The molecule has 25 heavy (non-hydrogen) atoms. The molecule has 1 atom stereocenters. The van der Waals surface area contributed by atoms with Crippen LogP contribution in [0.15, 0.2) is 24.3 Å². The summed E-state index contributed by atoms with van der Waals surface area (Å²) < 4.78 is 49.0. The first-order valence-corrected chi connectivity index (χ1v) is 7.53. The van der Waals surface area contributed by atoms with E-state index in [-0.39, 0.29) is 24.9 Å². The molecule has 1 amide bonds. The van der Waals surface area contributed by atoms with Gasteiger partial charge in [-0.2, -0.15) is 18.3 Å². The fourth-order valence-corrected chi connectivity index (χ4v) is 2.63. The quantitative estimate of drug-likeness (QED) is 0.900. The number of alkyl halides is 3. The molecule has 1 aromatic carbocycles. The Kier molecular flexibility index (Phi) is 4.32. The summed E-state index contributed by atoms with van der Waals surface area (Å²) in [6.07, 6.45) is -4.91. The number of carbonyl (C=O) groups excluding carboxylic acids is 1. The monoisotopic (exact) mass is 355 g/mol. The third kappa shape index (κ3) is 3.54. The molecule has 2 aromatic rings. The van der Waals surface area contributed by atoms with Gasteiger partial charge in [0, 0.05) is 24.2 Å². The molecule has 0 spiro atoms. The van der Waals surface area contributed by atoms with Crippen LogP contribution in [-0.4, -0.2) is 40.8 Å². The summed E-state index contributed by atoms with van der Waals surface area (Å²) in [5.41, 5.74) is -0.596. The minimum absolute atomic E-state index is 0.205. The molecule has 0 saturated heterocycles.